The van der Waals surface area contributed by atoms with Gasteiger partial charge in [0.05, 0.1) is 18.8 Å². The second-order valence-corrected chi connectivity index (χ2v) is 14.3. The van der Waals surface area contributed by atoms with E-state index in [1.807, 2.05) is 24.3 Å². The van der Waals surface area contributed by atoms with Crippen molar-refractivity contribution >= 4 is 5.97 Å². The fraction of sp³-hybridized carbons (Fsp3) is 0.711. The second-order valence-electron chi connectivity index (χ2n) is 14.3. The lowest BCUT2D eigenvalue weighted by Gasteiger charge is -2.14. The van der Waals surface area contributed by atoms with E-state index in [0.29, 0.717) is 30.3 Å². The third kappa shape index (κ3) is 23.5. The molecule has 0 aromatic heterocycles. The van der Waals surface area contributed by atoms with E-state index in [1.165, 1.54) is 167 Å². The number of benzene rings is 2. The molecule has 0 aliphatic carbocycles. The Labute approximate surface area is 302 Å². The van der Waals surface area contributed by atoms with Crippen LogP contribution >= 0.6 is 0 Å². The van der Waals surface area contributed by atoms with Gasteiger partial charge < -0.3 is 14.2 Å². The predicted molar refractivity (Wildman–Crippen MR) is 209 cm³/mol. The standard InChI is InChI=1S/C45H74O4/c1-3-5-7-9-11-13-15-17-19-21-23-25-27-32-38-47-43-37-36-41(45(46)49-42-34-30-29-31-35-42)40-44(43)48-39-33-28-26-24-22-20-18-16-14-12-10-8-6-4-2/h29-31,34-37,40H,3-28,32-33,38-39H2,1-2H3. The Balaban J connectivity index is 1.64. The fourth-order valence-corrected chi connectivity index (χ4v) is 6.48. The molecule has 0 saturated heterocycles. The molecule has 2 rings (SSSR count). The molecule has 2 aromatic carbocycles. The molecule has 2 aromatic rings. The Morgan fingerprint density at radius 3 is 1.20 bits per heavy atom. The van der Waals surface area contributed by atoms with Crippen LogP contribution in [0.4, 0.5) is 0 Å². The third-order valence-corrected chi connectivity index (χ3v) is 9.64. The van der Waals surface area contributed by atoms with Gasteiger partial charge in [-0.05, 0) is 43.2 Å². The SMILES string of the molecule is CCCCCCCCCCCCCCCCOc1ccc(C(=O)Oc2ccccc2)cc1OCCCCCCCCCCCCCCCC. The summed E-state index contributed by atoms with van der Waals surface area (Å²) in [5.74, 6) is 1.51. The van der Waals surface area contributed by atoms with Crippen LogP contribution in [0, 0.1) is 0 Å². The van der Waals surface area contributed by atoms with Crippen LogP contribution in [0.1, 0.15) is 204 Å². The van der Waals surface area contributed by atoms with Gasteiger partial charge in [0.25, 0.3) is 0 Å². The number of esters is 1. The van der Waals surface area contributed by atoms with Crippen molar-refractivity contribution in [2.24, 2.45) is 0 Å². The number of unbranched alkanes of at least 4 members (excludes halogenated alkanes) is 26. The number of para-hydroxylation sites is 1. The molecule has 0 bridgehead atoms. The molecule has 4 heteroatoms. The van der Waals surface area contributed by atoms with Gasteiger partial charge >= 0.3 is 5.97 Å². The second kappa shape index (κ2) is 31.5. The molecular weight excluding hydrogens is 604 g/mol. The molecule has 4 nitrogen and oxygen atoms in total. The van der Waals surface area contributed by atoms with Crippen molar-refractivity contribution in [1.29, 1.82) is 0 Å². The zero-order valence-electron chi connectivity index (χ0n) is 32.0. The first kappa shape index (κ1) is 42.7. The first-order valence-corrected chi connectivity index (χ1v) is 20.9. The molecule has 0 aliphatic rings. The minimum atomic E-state index is -0.383. The molecule has 0 aliphatic heterocycles. The van der Waals surface area contributed by atoms with Crippen molar-refractivity contribution in [3.8, 4) is 17.2 Å². The maximum atomic E-state index is 12.9. The van der Waals surface area contributed by atoms with Gasteiger partial charge in [0.15, 0.2) is 11.5 Å². The maximum Gasteiger partial charge on any atom is 0.343 e. The summed E-state index contributed by atoms with van der Waals surface area (Å²) < 4.78 is 18.0. The zero-order valence-corrected chi connectivity index (χ0v) is 32.0. The van der Waals surface area contributed by atoms with E-state index in [4.69, 9.17) is 14.2 Å². The third-order valence-electron chi connectivity index (χ3n) is 9.64. The minimum absolute atomic E-state index is 0.383. The summed E-state index contributed by atoms with van der Waals surface area (Å²) in [7, 11) is 0. The van der Waals surface area contributed by atoms with Crippen LogP contribution in [0.15, 0.2) is 48.5 Å². The van der Waals surface area contributed by atoms with Crippen LogP contribution < -0.4 is 14.2 Å². The summed E-state index contributed by atoms with van der Waals surface area (Å²) in [5, 5.41) is 0. The summed E-state index contributed by atoms with van der Waals surface area (Å²) in [6.45, 7) is 5.87. The molecule has 0 radical (unpaired) electrons. The quantitative estimate of drug-likeness (QED) is 0.0420. The van der Waals surface area contributed by atoms with Crippen molar-refractivity contribution in [2.75, 3.05) is 13.2 Å². The van der Waals surface area contributed by atoms with Crippen LogP contribution in [-0.4, -0.2) is 19.2 Å². The number of hydrogen-bond donors (Lipinski definition) is 0. The molecular formula is C45H74O4. The van der Waals surface area contributed by atoms with Gasteiger partial charge in [-0.15, -0.1) is 0 Å². The topological polar surface area (TPSA) is 44.8 Å². The average molecular weight is 679 g/mol. The van der Waals surface area contributed by atoms with E-state index >= 15 is 0 Å². The van der Waals surface area contributed by atoms with Crippen molar-refractivity contribution in [3.63, 3.8) is 0 Å². The summed E-state index contributed by atoms with van der Waals surface area (Å²) >= 11 is 0. The van der Waals surface area contributed by atoms with Gasteiger partial charge in [0.2, 0.25) is 0 Å². The molecule has 0 heterocycles. The van der Waals surface area contributed by atoms with Gasteiger partial charge in [-0.1, -0.05) is 199 Å². The molecule has 49 heavy (non-hydrogen) atoms. The summed E-state index contributed by atoms with van der Waals surface area (Å²) in [5.41, 5.74) is 0.476. The van der Waals surface area contributed by atoms with Gasteiger partial charge in [0.1, 0.15) is 5.75 Å². The Morgan fingerprint density at radius 1 is 0.429 bits per heavy atom. The normalized spacial score (nSPS) is 11.1. The van der Waals surface area contributed by atoms with E-state index in [0.717, 1.165) is 18.6 Å². The molecule has 0 spiro atoms. The molecule has 278 valence electrons. The average Bonchev–Trinajstić information content (AvgIpc) is 3.12. The minimum Gasteiger partial charge on any atom is -0.490 e. The van der Waals surface area contributed by atoms with E-state index in [2.05, 4.69) is 13.8 Å². The van der Waals surface area contributed by atoms with Crippen LogP contribution in [0.25, 0.3) is 0 Å². The predicted octanol–water partition coefficient (Wildman–Crippen LogP) is 14.6. The Morgan fingerprint density at radius 2 is 0.796 bits per heavy atom. The highest BCUT2D eigenvalue weighted by Crippen LogP contribution is 2.30. The van der Waals surface area contributed by atoms with Gasteiger partial charge in [-0.3, -0.25) is 0 Å². The van der Waals surface area contributed by atoms with Gasteiger partial charge in [-0.25, -0.2) is 4.79 Å². The van der Waals surface area contributed by atoms with E-state index < -0.39 is 0 Å². The lowest BCUT2D eigenvalue weighted by atomic mass is 10.0. The highest BCUT2D eigenvalue weighted by atomic mass is 16.5. The van der Waals surface area contributed by atoms with E-state index in [-0.39, 0.29) is 5.97 Å². The van der Waals surface area contributed by atoms with Crippen molar-refractivity contribution < 1.29 is 19.0 Å². The first-order chi connectivity index (χ1) is 24.2. The largest absolute Gasteiger partial charge is 0.490 e. The lowest BCUT2D eigenvalue weighted by Crippen LogP contribution is -2.10. The van der Waals surface area contributed by atoms with Crippen molar-refractivity contribution in [3.05, 3.63) is 54.1 Å². The lowest BCUT2D eigenvalue weighted by molar-refractivity contribution is 0.0734. The molecule has 0 saturated carbocycles. The van der Waals surface area contributed by atoms with Crippen molar-refractivity contribution in [1.82, 2.24) is 0 Å². The van der Waals surface area contributed by atoms with Gasteiger partial charge in [0, 0.05) is 0 Å². The van der Waals surface area contributed by atoms with Crippen LogP contribution in [0.5, 0.6) is 17.2 Å². The molecule has 0 unspecified atom stereocenters. The summed E-state index contributed by atoms with van der Waals surface area (Å²) in [4.78, 5) is 12.9. The summed E-state index contributed by atoms with van der Waals surface area (Å²) in [6, 6.07) is 14.7. The van der Waals surface area contributed by atoms with Crippen LogP contribution in [0.3, 0.4) is 0 Å². The Kier molecular flexibility index (Phi) is 27.4. The highest BCUT2D eigenvalue weighted by Gasteiger charge is 2.14. The molecule has 0 amide bonds. The number of hydrogen-bond acceptors (Lipinski definition) is 4. The van der Waals surface area contributed by atoms with Crippen LogP contribution in [0.2, 0.25) is 0 Å². The smallest absolute Gasteiger partial charge is 0.343 e. The van der Waals surface area contributed by atoms with Gasteiger partial charge in [-0.2, -0.15) is 0 Å². The number of ether oxygens (including phenoxy) is 3. The Bertz CT molecular complexity index is 1020. The van der Waals surface area contributed by atoms with Crippen molar-refractivity contribution in [2.45, 2.75) is 194 Å². The highest BCUT2D eigenvalue weighted by molar-refractivity contribution is 5.91. The number of carbonyl (C=O) groups excluding carboxylic acids is 1. The number of carbonyl (C=O) groups is 1. The zero-order chi connectivity index (χ0) is 34.9. The Hall–Kier alpha value is -2.49. The molecule has 0 N–H and O–H groups in total. The maximum absolute atomic E-state index is 12.9. The molecule has 0 fully saturated rings. The van der Waals surface area contributed by atoms with E-state index in [9.17, 15) is 4.79 Å². The monoisotopic (exact) mass is 679 g/mol. The molecule has 0 atom stereocenters. The van der Waals surface area contributed by atoms with E-state index in [1.54, 1.807) is 24.3 Å². The number of rotatable bonds is 34. The first-order valence-electron chi connectivity index (χ1n) is 20.9. The van der Waals surface area contributed by atoms with Crippen LogP contribution in [-0.2, 0) is 0 Å². The summed E-state index contributed by atoms with van der Waals surface area (Å²) in [6.07, 6.45) is 37.4. The fourth-order valence-electron chi connectivity index (χ4n) is 6.48.